The van der Waals surface area contributed by atoms with E-state index in [1.165, 1.54) is 32.4 Å². The summed E-state index contributed by atoms with van der Waals surface area (Å²) in [5.41, 5.74) is 5.68. The number of fused-ring (bicyclic) bond motifs is 1. The van der Waals surface area contributed by atoms with Gasteiger partial charge in [0.25, 0.3) is 0 Å². The second-order valence-electron chi connectivity index (χ2n) is 4.50. The zero-order chi connectivity index (χ0) is 8.55. The van der Waals surface area contributed by atoms with Gasteiger partial charge in [-0.1, -0.05) is 6.92 Å². The Bertz CT molecular complexity index is 146. The first-order chi connectivity index (χ1) is 5.81. The van der Waals surface area contributed by atoms with Crippen LogP contribution in [0.2, 0.25) is 0 Å². The summed E-state index contributed by atoms with van der Waals surface area (Å²) >= 11 is 0. The van der Waals surface area contributed by atoms with E-state index in [4.69, 9.17) is 5.73 Å². The Morgan fingerprint density at radius 3 is 3.08 bits per heavy atom. The van der Waals surface area contributed by atoms with E-state index >= 15 is 0 Å². The predicted molar refractivity (Wildman–Crippen MR) is 50.9 cm³/mol. The maximum absolute atomic E-state index is 5.68. The van der Waals surface area contributed by atoms with Gasteiger partial charge in [0, 0.05) is 12.6 Å². The van der Waals surface area contributed by atoms with E-state index in [1.54, 1.807) is 0 Å². The monoisotopic (exact) mass is 168 g/mol. The summed E-state index contributed by atoms with van der Waals surface area (Å²) in [6.07, 6.45) is 4.28. The van der Waals surface area contributed by atoms with E-state index in [2.05, 4.69) is 11.8 Å². The van der Waals surface area contributed by atoms with Crippen LogP contribution in [0.3, 0.4) is 0 Å². The molecule has 2 heteroatoms. The van der Waals surface area contributed by atoms with Gasteiger partial charge in [-0.05, 0) is 44.2 Å². The van der Waals surface area contributed by atoms with Crippen LogP contribution in [0.15, 0.2) is 0 Å². The molecule has 0 bridgehead atoms. The zero-order valence-corrected chi connectivity index (χ0v) is 8.00. The average Bonchev–Trinajstić information content (AvgIpc) is 2.60. The molecule has 2 heterocycles. The Morgan fingerprint density at radius 2 is 2.42 bits per heavy atom. The first-order valence-corrected chi connectivity index (χ1v) is 5.25. The first-order valence-electron chi connectivity index (χ1n) is 5.25. The molecule has 0 aliphatic carbocycles. The third kappa shape index (κ3) is 1.38. The number of rotatable bonds is 2. The van der Waals surface area contributed by atoms with E-state index in [0.29, 0.717) is 0 Å². The molecular formula is C10H20N2. The third-order valence-electron chi connectivity index (χ3n) is 3.72. The van der Waals surface area contributed by atoms with Crippen molar-refractivity contribution >= 4 is 0 Å². The Balaban J connectivity index is 1.90. The zero-order valence-electron chi connectivity index (χ0n) is 8.00. The van der Waals surface area contributed by atoms with E-state index in [0.717, 1.165) is 24.4 Å². The number of hydrogen-bond acceptors (Lipinski definition) is 2. The summed E-state index contributed by atoms with van der Waals surface area (Å²) < 4.78 is 0. The molecule has 0 saturated carbocycles. The Hall–Kier alpha value is -0.0800. The normalized spacial score (nSPS) is 38.5. The number of hydrogen-bond donors (Lipinski definition) is 1. The molecule has 70 valence electrons. The molecule has 0 radical (unpaired) electrons. The summed E-state index contributed by atoms with van der Waals surface area (Å²) in [7, 11) is 0. The van der Waals surface area contributed by atoms with Crippen molar-refractivity contribution in [2.75, 3.05) is 19.6 Å². The predicted octanol–water partition coefficient (Wildman–Crippen LogP) is 1.07. The van der Waals surface area contributed by atoms with Crippen LogP contribution < -0.4 is 5.73 Å². The quantitative estimate of drug-likeness (QED) is 0.668. The average molecular weight is 168 g/mol. The lowest BCUT2D eigenvalue weighted by Gasteiger charge is -2.17. The lowest BCUT2D eigenvalue weighted by Crippen LogP contribution is -2.25. The summed E-state index contributed by atoms with van der Waals surface area (Å²) in [6, 6.07) is 0.920. The molecule has 2 saturated heterocycles. The van der Waals surface area contributed by atoms with Crippen LogP contribution in [0.25, 0.3) is 0 Å². The van der Waals surface area contributed by atoms with Crippen LogP contribution in [-0.2, 0) is 0 Å². The fourth-order valence-corrected chi connectivity index (χ4v) is 2.73. The van der Waals surface area contributed by atoms with Crippen LogP contribution in [0.1, 0.15) is 26.2 Å². The van der Waals surface area contributed by atoms with Gasteiger partial charge < -0.3 is 10.6 Å². The fourth-order valence-electron chi connectivity index (χ4n) is 2.73. The number of nitrogens with two attached hydrogens (primary N) is 1. The highest BCUT2D eigenvalue weighted by molar-refractivity contribution is 4.91. The Morgan fingerprint density at radius 1 is 1.58 bits per heavy atom. The molecule has 0 aromatic carbocycles. The molecule has 2 aliphatic heterocycles. The van der Waals surface area contributed by atoms with Crippen LogP contribution in [0.4, 0.5) is 0 Å². The van der Waals surface area contributed by atoms with E-state index in [1.807, 2.05) is 0 Å². The van der Waals surface area contributed by atoms with Crippen molar-refractivity contribution in [3.63, 3.8) is 0 Å². The summed E-state index contributed by atoms with van der Waals surface area (Å²) in [5, 5.41) is 0. The van der Waals surface area contributed by atoms with Gasteiger partial charge >= 0.3 is 0 Å². The highest BCUT2D eigenvalue weighted by Gasteiger charge is 2.36. The van der Waals surface area contributed by atoms with E-state index in [-0.39, 0.29) is 0 Å². The molecule has 2 fully saturated rings. The lowest BCUT2D eigenvalue weighted by atomic mass is 9.91. The molecule has 3 atom stereocenters. The molecule has 2 nitrogen and oxygen atoms in total. The molecule has 12 heavy (non-hydrogen) atoms. The topological polar surface area (TPSA) is 29.3 Å². The molecular weight excluding hydrogens is 148 g/mol. The molecule has 0 amide bonds. The lowest BCUT2D eigenvalue weighted by molar-refractivity contribution is 0.301. The highest BCUT2D eigenvalue weighted by Crippen LogP contribution is 2.34. The summed E-state index contributed by atoms with van der Waals surface area (Å²) in [5.74, 6) is 1.62. The van der Waals surface area contributed by atoms with E-state index in [9.17, 15) is 0 Å². The van der Waals surface area contributed by atoms with Gasteiger partial charge in [-0.25, -0.2) is 0 Å². The summed E-state index contributed by atoms with van der Waals surface area (Å²) in [6.45, 7) is 5.83. The molecule has 0 aromatic rings. The minimum absolute atomic E-state index is 0.732. The van der Waals surface area contributed by atoms with Gasteiger partial charge in [-0.2, -0.15) is 0 Å². The van der Waals surface area contributed by atoms with Crippen molar-refractivity contribution in [2.45, 2.75) is 32.2 Å². The fraction of sp³-hybridized carbons (Fsp3) is 1.00. The number of nitrogens with zero attached hydrogens (tertiary/aromatic N) is 1. The van der Waals surface area contributed by atoms with Crippen LogP contribution in [0, 0.1) is 11.8 Å². The smallest absolute Gasteiger partial charge is 0.00990 e. The highest BCUT2D eigenvalue weighted by atomic mass is 15.2. The van der Waals surface area contributed by atoms with E-state index < -0.39 is 0 Å². The third-order valence-corrected chi connectivity index (χ3v) is 3.72. The maximum atomic E-state index is 5.68. The van der Waals surface area contributed by atoms with Crippen molar-refractivity contribution in [2.24, 2.45) is 17.6 Å². The van der Waals surface area contributed by atoms with Gasteiger partial charge in [0.2, 0.25) is 0 Å². The SMILES string of the molecule is CC(CN)C1CC2CCCN2C1. The van der Waals surface area contributed by atoms with Crippen LogP contribution in [0.5, 0.6) is 0 Å². The molecule has 2 aliphatic rings. The van der Waals surface area contributed by atoms with Crippen molar-refractivity contribution in [1.29, 1.82) is 0 Å². The van der Waals surface area contributed by atoms with Crippen molar-refractivity contribution in [3.05, 3.63) is 0 Å². The first kappa shape index (κ1) is 8.52. The largest absolute Gasteiger partial charge is 0.330 e. The van der Waals surface area contributed by atoms with Crippen LogP contribution in [-0.4, -0.2) is 30.6 Å². The Kier molecular flexibility index (Phi) is 2.37. The minimum atomic E-state index is 0.732. The van der Waals surface area contributed by atoms with Gasteiger partial charge in [-0.3, -0.25) is 0 Å². The second kappa shape index (κ2) is 3.35. The molecule has 2 N–H and O–H groups in total. The van der Waals surface area contributed by atoms with Crippen LogP contribution >= 0.6 is 0 Å². The van der Waals surface area contributed by atoms with Gasteiger partial charge in [0.15, 0.2) is 0 Å². The second-order valence-corrected chi connectivity index (χ2v) is 4.50. The van der Waals surface area contributed by atoms with Gasteiger partial charge in [0.1, 0.15) is 0 Å². The molecule has 3 unspecified atom stereocenters. The van der Waals surface area contributed by atoms with Gasteiger partial charge in [-0.15, -0.1) is 0 Å². The maximum Gasteiger partial charge on any atom is 0.00990 e. The van der Waals surface area contributed by atoms with Crippen molar-refractivity contribution in [3.8, 4) is 0 Å². The van der Waals surface area contributed by atoms with Crippen molar-refractivity contribution in [1.82, 2.24) is 4.90 Å². The van der Waals surface area contributed by atoms with Gasteiger partial charge in [0.05, 0.1) is 0 Å². The minimum Gasteiger partial charge on any atom is -0.330 e. The van der Waals surface area contributed by atoms with Crippen molar-refractivity contribution < 1.29 is 0 Å². The molecule has 2 rings (SSSR count). The summed E-state index contributed by atoms with van der Waals surface area (Å²) in [4.78, 5) is 2.66. The standard InChI is InChI=1S/C10H20N2/c1-8(6-11)9-5-10-3-2-4-12(10)7-9/h8-10H,2-7,11H2,1H3. The molecule has 0 aromatic heterocycles. The molecule has 0 spiro atoms. The Labute approximate surface area is 75.1 Å².